The molecule has 3 rings (SSSR count). The minimum Gasteiger partial charge on any atom is -0.449 e. The van der Waals surface area contributed by atoms with Crippen LogP contribution in [0.5, 0.6) is 0 Å². The summed E-state index contributed by atoms with van der Waals surface area (Å²) in [4.78, 5) is 28.7. The quantitative estimate of drug-likeness (QED) is 0.573. The molecule has 0 N–H and O–H groups in total. The summed E-state index contributed by atoms with van der Waals surface area (Å²) in [6.07, 6.45) is 2.26. The first-order valence-electron chi connectivity index (χ1n) is 9.60. The van der Waals surface area contributed by atoms with Crippen molar-refractivity contribution in [2.45, 2.75) is 19.6 Å². The summed E-state index contributed by atoms with van der Waals surface area (Å²) >= 11 is 0. The highest BCUT2D eigenvalue weighted by Crippen LogP contribution is 2.10. The van der Waals surface area contributed by atoms with Crippen LogP contribution in [-0.2, 0) is 20.9 Å². The predicted molar refractivity (Wildman–Crippen MR) is 109 cm³/mol. The van der Waals surface area contributed by atoms with Crippen LogP contribution in [-0.4, -0.2) is 54.0 Å². The number of hydrogen-bond donors (Lipinski definition) is 0. The Morgan fingerprint density at radius 3 is 2.21 bits per heavy atom. The standard InChI is InChI=1S/C23H26N2O3/c1-19(28-22(26)13-12-20-8-4-2-5-9-20)23(27)25-16-14-24(15-17-25)18-21-10-6-3-7-11-21/h2-13,19H,14-18H2,1H3/b13-12+. The van der Waals surface area contributed by atoms with E-state index in [1.54, 1.807) is 17.9 Å². The molecular weight excluding hydrogens is 352 g/mol. The van der Waals surface area contributed by atoms with Gasteiger partial charge in [0.05, 0.1) is 0 Å². The van der Waals surface area contributed by atoms with Gasteiger partial charge in [-0.05, 0) is 24.1 Å². The Labute approximate surface area is 166 Å². The van der Waals surface area contributed by atoms with E-state index in [1.807, 2.05) is 48.5 Å². The van der Waals surface area contributed by atoms with Crippen molar-refractivity contribution in [2.24, 2.45) is 0 Å². The number of nitrogens with zero attached hydrogens (tertiary/aromatic N) is 2. The highest BCUT2D eigenvalue weighted by molar-refractivity contribution is 5.90. The Balaban J connectivity index is 1.44. The summed E-state index contributed by atoms with van der Waals surface area (Å²) in [5, 5.41) is 0. The molecule has 1 atom stereocenters. The van der Waals surface area contributed by atoms with Crippen molar-refractivity contribution in [2.75, 3.05) is 26.2 Å². The highest BCUT2D eigenvalue weighted by Gasteiger charge is 2.26. The molecule has 0 aliphatic carbocycles. The average Bonchev–Trinajstić information content (AvgIpc) is 2.74. The molecule has 1 unspecified atom stereocenters. The van der Waals surface area contributed by atoms with E-state index in [0.29, 0.717) is 13.1 Å². The molecule has 1 fully saturated rings. The van der Waals surface area contributed by atoms with Crippen LogP contribution in [0.4, 0.5) is 0 Å². The second kappa shape index (κ2) is 9.85. The van der Waals surface area contributed by atoms with E-state index in [9.17, 15) is 9.59 Å². The predicted octanol–water partition coefficient (Wildman–Crippen LogP) is 2.98. The Morgan fingerprint density at radius 2 is 1.57 bits per heavy atom. The lowest BCUT2D eigenvalue weighted by Crippen LogP contribution is -2.51. The van der Waals surface area contributed by atoms with E-state index < -0.39 is 12.1 Å². The van der Waals surface area contributed by atoms with Crippen LogP contribution in [0.2, 0.25) is 0 Å². The maximum atomic E-state index is 12.6. The second-order valence-electron chi connectivity index (χ2n) is 6.91. The third kappa shape index (κ3) is 5.79. The van der Waals surface area contributed by atoms with E-state index in [0.717, 1.165) is 25.2 Å². The number of benzene rings is 2. The molecule has 5 nitrogen and oxygen atoms in total. The number of carbonyl (C=O) groups is 2. The molecule has 0 spiro atoms. The van der Waals surface area contributed by atoms with Crippen molar-refractivity contribution < 1.29 is 14.3 Å². The van der Waals surface area contributed by atoms with Crippen molar-refractivity contribution >= 4 is 18.0 Å². The highest BCUT2D eigenvalue weighted by atomic mass is 16.5. The van der Waals surface area contributed by atoms with E-state index in [4.69, 9.17) is 4.74 Å². The van der Waals surface area contributed by atoms with Crippen molar-refractivity contribution in [3.8, 4) is 0 Å². The van der Waals surface area contributed by atoms with Crippen LogP contribution in [0, 0.1) is 0 Å². The average molecular weight is 378 g/mol. The molecule has 1 aliphatic heterocycles. The molecule has 1 aliphatic rings. The van der Waals surface area contributed by atoms with Crippen molar-refractivity contribution in [1.82, 2.24) is 9.80 Å². The lowest BCUT2D eigenvalue weighted by molar-refractivity contribution is -0.156. The third-order valence-electron chi connectivity index (χ3n) is 4.79. The maximum Gasteiger partial charge on any atom is 0.331 e. The Kier molecular flexibility index (Phi) is 6.98. The monoisotopic (exact) mass is 378 g/mol. The number of rotatable bonds is 6. The van der Waals surface area contributed by atoms with Gasteiger partial charge >= 0.3 is 5.97 Å². The minimum atomic E-state index is -0.784. The number of piperazine rings is 1. The molecular formula is C23H26N2O3. The maximum absolute atomic E-state index is 12.6. The summed E-state index contributed by atoms with van der Waals surface area (Å²) < 4.78 is 5.28. The number of ether oxygens (including phenoxy) is 1. The Morgan fingerprint density at radius 1 is 0.964 bits per heavy atom. The third-order valence-corrected chi connectivity index (χ3v) is 4.79. The van der Waals surface area contributed by atoms with E-state index in [2.05, 4.69) is 17.0 Å². The van der Waals surface area contributed by atoms with Crippen LogP contribution in [0.15, 0.2) is 66.7 Å². The van der Waals surface area contributed by atoms with Gasteiger partial charge in [0.15, 0.2) is 6.10 Å². The van der Waals surface area contributed by atoms with Crippen LogP contribution < -0.4 is 0 Å². The van der Waals surface area contributed by atoms with Gasteiger partial charge in [-0.2, -0.15) is 0 Å². The van der Waals surface area contributed by atoms with Crippen molar-refractivity contribution in [3.05, 3.63) is 77.9 Å². The fourth-order valence-electron chi connectivity index (χ4n) is 3.22. The summed E-state index contributed by atoms with van der Waals surface area (Å²) in [5.74, 6) is -0.645. The van der Waals surface area contributed by atoms with E-state index in [-0.39, 0.29) is 5.91 Å². The number of carbonyl (C=O) groups excluding carboxylic acids is 2. The smallest absolute Gasteiger partial charge is 0.331 e. The zero-order valence-corrected chi connectivity index (χ0v) is 16.2. The number of amides is 1. The van der Waals surface area contributed by atoms with E-state index >= 15 is 0 Å². The van der Waals surface area contributed by atoms with Crippen LogP contribution in [0.1, 0.15) is 18.1 Å². The topological polar surface area (TPSA) is 49.9 Å². The van der Waals surface area contributed by atoms with E-state index in [1.165, 1.54) is 11.6 Å². The minimum absolute atomic E-state index is 0.138. The van der Waals surface area contributed by atoms with Gasteiger partial charge in [0.1, 0.15) is 0 Å². The van der Waals surface area contributed by atoms with Crippen LogP contribution in [0.25, 0.3) is 6.08 Å². The molecule has 5 heteroatoms. The molecule has 0 radical (unpaired) electrons. The zero-order chi connectivity index (χ0) is 19.8. The van der Waals surface area contributed by atoms with Gasteiger partial charge < -0.3 is 9.64 Å². The molecule has 0 aromatic heterocycles. The summed E-state index contributed by atoms with van der Waals surface area (Å²) in [6, 6.07) is 19.8. The van der Waals surface area contributed by atoms with Crippen LogP contribution >= 0.6 is 0 Å². The van der Waals surface area contributed by atoms with Gasteiger partial charge in [-0.25, -0.2) is 4.79 Å². The Bertz CT molecular complexity index is 797. The first-order chi connectivity index (χ1) is 13.6. The largest absolute Gasteiger partial charge is 0.449 e. The molecule has 1 amide bonds. The number of hydrogen-bond acceptors (Lipinski definition) is 4. The fourth-order valence-corrected chi connectivity index (χ4v) is 3.22. The van der Waals surface area contributed by atoms with Gasteiger partial charge in [-0.15, -0.1) is 0 Å². The van der Waals surface area contributed by atoms with Gasteiger partial charge in [0, 0.05) is 38.8 Å². The van der Waals surface area contributed by atoms with Gasteiger partial charge in [-0.1, -0.05) is 60.7 Å². The summed E-state index contributed by atoms with van der Waals surface area (Å²) in [6.45, 7) is 5.44. The lowest BCUT2D eigenvalue weighted by atomic mass is 10.2. The molecule has 28 heavy (non-hydrogen) atoms. The number of esters is 1. The first kappa shape index (κ1) is 19.8. The fraction of sp³-hybridized carbons (Fsp3) is 0.304. The molecule has 0 saturated carbocycles. The molecule has 1 heterocycles. The van der Waals surface area contributed by atoms with Gasteiger partial charge in [0.2, 0.25) is 0 Å². The van der Waals surface area contributed by atoms with Crippen molar-refractivity contribution in [3.63, 3.8) is 0 Å². The molecule has 2 aromatic rings. The lowest BCUT2D eigenvalue weighted by Gasteiger charge is -2.35. The molecule has 2 aromatic carbocycles. The molecule has 1 saturated heterocycles. The Hall–Kier alpha value is -2.92. The zero-order valence-electron chi connectivity index (χ0n) is 16.2. The normalized spacial score (nSPS) is 16.1. The summed E-state index contributed by atoms with van der Waals surface area (Å²) in [7, 11) is 0. The second-order valence-corrected chi connectivity index (χ2v) is 6.91. The summed E-state index contributed by atoms with van der Waals surface area (Å²) in [5.41, 5.74) is 2.18. The SMILES string of the molecule is CC(OC(=O)/C=C/c1ccccc1)C(=O)N1CCN(Cc2ccccc2)CC1. The van der Waals surface area contributed by atoms with Gasteiger partial charge in [0.25, 0.3) is 5.91 Å². The first-order valence-corrected chi connectivity index (χ1v) is 9.60. The van der Waals surface area contributed by atoms with Gasteiger partial charge in [-0.3, -0.25) is 9.69 Å². The van der Waals surface area contributed by atoms with Crippen molar-refractivity contribution in [1.29, 1.82) is 0 Å². The molecule has 146 valence electrons. The van der Waals surface area contributed by atoms with Crippen LogP contribution in [0.3, 0.4) is 0 Å². The molecule has 0 bridgehead atoms.